The summed E-state index contributed by atoms with van der Waals surface area (Å²) in [6, 6.07) is 20.6. The molecule has 0 spiro atoms. The fourth-order valence-corrected chi connectivity index (χ4v) is 3.80. The van der Waals surface area contributed by atoms with Crippen molar-refractivity contribution in [1.82, 2.24) is 5.32 Å². The van der Waals surface area contributed by atoms with Crippen LogP contribution in [0.25, 0.3) is 0 Å². The Morgan fingerprint density at radius 2 is 1.76 bits per heavy atom. The first-order chi connectivity index (χ1) is 14.1. The molecule has 150 valence electrons. The van der Waals surface area contributed by atoms with Gasteiger partial charge in [0.05, 0.1) is 26.1 Å². The van der Waals surface area contributed by atoms with Crippen molar-refractivity contribution in [3.05, 3.63) is 82.6 Å². The number of carbonyl (C=O) groups excluding carboxylic acids is 2. The number of methoxy groups -OCH3 is 1. The Morgan fingerprint density at radius 3 is 2.34 bits per heavy atom. The van der Waals surface area contributed by atoms with Gasteiger partial charge in [0.25, 0.3) is 0 Å². The van der Waals surface area contributed by atoms with Crippen molar-refractivity contribution in [3.8, 4) is 5.75 Å². The molecule has 2 amide bonds. The predicted molar refractivity (Wildman–Crippen MR) is 116 cm³/mol. The van der Waals surface area contributed by atoms with Gasteiger partial charge in [-0.2, -0.15) is 0 Å². The van der Waals surface area contributed by atoms with Crippen LogP contribution in [-0.4, -0.2) is 18.9 Å². The minimum atomic E-state index is -0.384. The molecule has 0 bridgehead atoms. The number of anilines is 1. The lowest BCUT2D eigenvalue weighted by Gasteiger charge is -2.26. The minimum absolute atomic E-state index is 0.0637. The summed E-state index contributed by atoms with van der Waals surface area (Å²) in [5.74, 6) is 0.504. The number of amides is 2. The Morgan fingerprint density at radius 1 is 1.03 bits per heavy atom. The molecular formula is C23H24N2O3S. The van der Waals surface area contributed by atoms with Crippen molar-refractivity contribution in [1.29, 1.82) is 0 Å². The van der Waals surface area contributed by atoms with E-state index in [1.54, 1.807) is 23.3 Å². The van der Waals surface area contributed by atoms with Gasteiger partial charge in [-0.05, 0) is 41.3 Å². The van der Waals surface area contributed by atoms with E-state index in [1.807, 2.05) is 72.1 Å². The van der Waals surface area contributed by atoms with E-state index in [4.69, 9.17) is 4.74 Å². The van der Waals surface area contributed by atoms with Gasteiger partial charge in [0.15, 0.2) is 0 Å². The van der Waals surface area contributed by atoms with E-state index in [9.17, 15) is 9.59 Å². The summed E-state index contributed by atoms with van der Waals surface area (Å²) in [6.45, 7) is 1.94. The van der Waals surface area contributed by atoms with E-state index in [-0.39, 0.29) is 24.3 Å². The molecule has 1 N–H and O–H groups in total. The fourth-order valence-electron chi connectivity index (χ4n) is 3.11. The van der Waals surface area contributed by atoms with Gasteiger partial charge in [-0.1, -0.05) is 36.4 Å². The standard InChI is InChI=1S/C23H24N2O3S/c1-17(26)24-22(18-7-4-3-5-8-18)15-23(27)25(16-21-9-6-14-29-21)19-10-12-20(28-2)13-11-19/h3-14,22H,15-16H2,1-2H3,(H,24,26). The molecule has 3 aromatic rings. The molecular weight excluding hydrogens is 384 g/mol. The zero-order valence-corrected chi connectivity index (χ0v) is 17.3. The molecule has 0 radical (unpaired) electrons. The third-order valence-electron chi connectivity index (χ3n) is 4.54. The maximum atomic E-state index is 13.3. The van der Waals surface area contributed by atoms with Crippen molar-refractivity contribution in [2.75, 3.05) is 12.0 Å². The zero-order valence-electron chi connectivity index (χ0n) is 16.5. The average molecular weight is 409 g/mol. The highest BCUT2D eigenvalue weighted by Crippen LogP contribution is 2.26. The molecule has 0 aliphatic rings. The van der Waals surface area contributed by atoms with E-state index >= 15 is 0 Å². The summed E-state index contributed by atoms with van der Waals surface area (Å²) < 4.78 is 5.23. The maximum absolute atomic E-state index is 13.3. The van der Waals surface area contributed by atoms with Crippen LogP contribution in [0, 0.1) is 0 Å². The molecule has 1 aromatic heterocycles. The van der Waals surface area contributed by atoms with E-state index in [2.05, 4.69) is 5.32 Å². The van der Waals surface area contributed by atoms with Gasteiger partial charge >= 0.3 is 0 Å². The van der Waals surface area contributed by atoms with Crippen molar-refractivity contribution in [2.24, 2.45) is 0 Å². The molecule has 29 heavy (non-hydrogen) atoms. The first-order valence-corrected chi connectivity index (χ1v) is 10.2. The smallest absolute Gasteiger partial charge is 0.229 e. The number of ether oxygens (including phenoxy) is 1. The lowest BCUT2D eigenvalue weighted by Crippen LogP contribution is -2.35. The third-order valence-corrected chi connectivity index (χ3v) is 5.40. The normalized spacial score (nSPS) is 11.5. The lowest BCUT2D eigenvalue weighted by atomic mass is 10.0. The molecule has 1 heterocycles. The molecule has 5 nitrogen and oxygen atoms in total. The topological polar surface area (TPSA) is 58.6 Å². The van der Waals surface area contributed by atoms with Gasteiger partial charge in [0.2, 0.25) is 11.8 Å². The number of thiophene rings is 1. The molecule has 0 saturated carbocycles. The highest BCUT2D eigenvalue weighted by atomic mass is 32.1. The Labute approximate surface area is 174 Å². The van der Waals surface area contributed by atoms with Crippen LogP contribution >= 0.6 is 11.3 Å². The number of rotatable bonds is 8. The summed E-state index contributed by atoms with van der Waals surface area (Å²) in [6.07, 6.45) is 0.168. The van der Waals surface area contributed by atoms with Crippen molar-refractivity contribution in [3.63, 3.8) is 0 Å². The van der Waals surface area contributed by atoms with Crippen LogP contribution in [0.15, 0.2) is 72.1 Å². The molecule has 0 saturated heterocycles. The summed E-state index contributed by atoms with van der Waals surface area (Å²) >= 11 is 1.61. The van der Waals surface area contributed by atoms with Gasteiger partial charge < -0.3 is 15.0 Å². The van der Waals surface area contributed by atoms with E-state index in [1.165, 1.54) is 6.92 Å². The molecule has 3 rings (SSSR count). The predicted octanol–water partition coefficient (Wildman–Crippen LogP) is 4.56. The van der Waals surface area contributed by atoms with Crippen LogP contribution in [-0.2, 0) is 16.1 Å². The quantitative estimate of drug-likeness (QED) is 0.595. The van der Waals surface area contributed by atoms with Crippen LogP contribution < -0.4 is 15.0 Å². The second kappa shape index (κ2) is 9.89. The van der Waals surface area contributed by atoms with Gasteiger partial charge in [0.1, 0.15) is 5.75 Å². The summed E-state index contributed by atoms with van der Waals surface area (Å²) in [4.78, 5) is 27.9. The number of nitrogens with zero attached hydrogens (tertiary/aromatic N) is 1. The van der Waals surface area contributed by atoms with E-state index in [0.717, 1.165) is 21.9 Å². The Bertz CT molecular complexity index is 925. The first-order valence-electron chi connectivity index (χ1n) is 9.35. The molecule has 0 aliphatic carbocycles. The van der Waals surface area contributed by atoms with Crippen LogP contribution in [0.4, 0.5) is 5.69 Å². The van der Waals surface area contributed by atoms with E-state index < -0.39 is 0 Å². The number of hydrogen-bond acceptors (Lipinski definition) is 4. The largest absolute Gasteiger partial charge is 0.497 e. The van der Waals surface area contributed by atoms with E-state index in [0.29, 0.717) is 6.54 Å². The van der Waals surface area contributed by atoms with Gasteiger partial charge in [0, 0.05) is 17.5 Å². The average Bonchev–Trinajstić information content (AvgIpc) is 3.25. The van der Waals surface area contributed by atoms with Crippen LogP contribution in [0.1, 0.15) is 29.8 Å². The molecule has 1 atom stereocenters. The summed E-state index contributed by atoms with van der Waals surface area (Å²) in [5.41, 5.74) is 1.70. The summed E-state index contributed by atoms with van der Waals surface area (Å²) in [7, 11) is 1.61. The van der Waals surface area contributed by atoms with Crippen LogP contribution in [0.3, 0.4) is 0 Å². The number of benzene rings is 2. The second-order valence-electron chi connectivity index (χ2n) is 6.63. The molecule has 1 unspecified atom stereocenters. The maximum Gasteiger partial charge on any atom is 0.229 e. The molecule has 6 heteroatoms. The zero-order chi connectivity index (χ0) is 20.6. The number of carbonyl (C=O) groups is 2. The molecule has 0 fully saturated rings. The SMILES string of the molecule is COc1ccc(N(Cc2cccs2)C(=O)CC(NC(C)=O)c2ccccc2)cc1. The second-order valence-corrected chi connectivity index (χ2v) is 7.66. The van der Waals surface area contributed by atoms with Gasteiger partial charge in [-0.3, -0.25) is 9.59 Å². The highest BCUT2D eigenvalue weighted by molar-refractivity contribution is 7.09. The highest BCUT2D eigenvalue weighted by Gasteiger charge is 2.23. The first kappa shape index (κ1) is 20.6. The Balaban J connectivity index is 1.86. The molecule has 0 aliphatic heterocycles. The number of hydrogen-bond donors (Lipinski definition) is 1. The van der Waals surface area contributed by atoms with Gasteiger partial charge in [-0.15, -0.1) is 11.3 Å². The number of nitrogens with one attached hydrogen (secondary N) is 1. The van der Waals surface area contributed by atoms with Crippen molar-refractivity contribution >= 4 is 28.8 Å². The lowest BCUT2D eigenvalue weighted by molar-refractivity contribution is -0.121. The molecule has 2 aromatic carbocycles. The van der Waals surface area contributed by atoms with Crippen molar-refractivity contribution in [2.45, 2.75) is 25.9 Å². The van der Waals surface area contributed by atoms with Crippen LogP contribution in [0.2, 0.25) is 0 Å². The van der Waals surface area contributed by atoms with Crippen molar-refractivity contribution < 1.29 is 14.3 Å². The summed E-state index contributed by atoms with van der Waals surface area (Å²) in [5, 5.41) is 4.90. The fraction of sp³-hybridized carbons (Fsp3) is 0.217. The van der Waals surface area contributed by atoms with Gasteiger partial charge in [-0.25, -0.2) is 0 Å². The third kappa shape index (κ3) is 5.68. The van der Waals surface area contributed by atoms with Crippen LogP contribution in [0.5, 0.6) is 5.75 Å². The minimum Gasteiger partial charge on any atom is -0.497 e. The monoisotopic (exact) mass is 408 g/mol. The Hall–Kier alpha value is -3.12. The Kier molecular flexibility index (Phi) is 7.03.